The molecule has 5 heteroatoms. The molecular weight excluding hydrogens is 232 g/mol. The number of benzene rings is 1. The van der Waals surface area contributed by atoms with Crippen molar-refractivity contribution in [2.24, 2.45) is 0 Å². The Hall–Kier alpha value is -2.32. The molecule has 2 aromatic rings. The van der Waals surface area contributed by atoms with Crippen LogP contribution in [-0.2, 0) is 16.0 Å². The third-order valence-electron chi connectivity index (χ3n) is 2.70. The van der Waals surface area contributed by atoms with Crippen LogP contribution < -0.4 is 0 Å². The number of aliphatic carboxylic acids is 1. The number of para-hydroxylation sites is 1. The first-order valence-electron chi connectivity index (χ1n) is 5.48. The molecule has 0 bridgehead atoms. The number of aromatic nitrogens is 1. The predicted molar refractivity (Wildman–Crippen MR) is 65.0 cm³/mol. The summed E-state index contributed by atoms with van der Waals surface area (Å²) >= 11 is 0. The van der Waals surface area contributed by atoms with Crippen molar-refractivity contribution in [1.82, 2.24) is 4.98 Å². The van der Waals surface area contributed by atoms with Gasteiger partial charge >= 0.3 is 5.97 Å². The van der Waals surface area contributed by atoms with E-state index in [1.165, 1.54) is 0 Å². The van der Waals surface area contributed by atoms with Gasteiger partial charge in [0.05, 0.1) is 6.07 Å². The average Bonchev–Trinajstić information content (AvgIpc) is 2.77. The van der Waals surface area contributed by atoms with Crippen molar-refractivity contribution in [2.75, 3.05) is 6.61 Å². The summed E-state index contributed by atoms with van der Waals surface area (Å²) in [7, 11) is 0. The van der Waals surface area contributed by atoms with Crippen LogP contribution in [0.15, 0.2) is 30.5 Å². The molecule has 1 heterocycles. The fourth-order valence-electron chi connectivity index (χ4n) is 1.86. The van der Waals surface area contributed by atoms with Crippen molar-refractivity contribution in [1.29, 1.82) is 5.26 Å². The number of rotatable bonds is 5. The van der Waals surface area contributed by atoms with E-state index in [1.54, 1.807) is 12.3 Å². The molecule has 0 amide bonds. The number of hydrogen-bond acceptors (Lipinski definition) is 3. The van der Waals surface area contributed by atoms with E-state index in [1.807, 2.05) is 24.3 Å². The minimum Gasteiger partial charge on any atom is -0.479 e. The molecule has 1 atom stereocenters. The van der Waals surface area contributed by atoms with Gasteiger partial charge < -0.3 is 14.8 Å². The van der Waals surface area contributed by atoms with Crippen molar-refractivity contribution in [3.63, 3.8) is 0 Å². The van der Waals surface area contributed by atoms with E-state index in [2.05, 4.69) is 4.98 Å². The van der Waals surface area contributed by atoms with Crippen LogP contribution in [0.2, 0.25) is 0 Å². The zero-order valence-electron chi connectivity index (χ0n) is 9.59. The van der Waals surface area contributed by atoms with Crippen LogP contribution in [0.5, 0.6) is 0 Å². The lowest BCUT2D eigenvalue weighted by atomic mass is 10.1. The normalized spacial score (nSPS) is 12.2. The lowest BCUT2D eigenvalue weighted by Gasteiger charge is -2.10. The van der Waals surface area contributed by atoms with Crippen LogP contribution in [0.1, 0.15) is 5.56 Å². The first-order chi connectivity index (χ1) is 8.72. The van der Waals surface area contributed by atoms with Crippen LogP contribution in [0.3, 0.4) is 0 Å². The summed E-state index contributed by atoms with van der Waals surface area (Å²) in [5.74, 6) is -1.06. The molecule has 0 saturated carbocycles. The summed E-state index contributed by atoms with van der Waals surface area (Å²) in [6, 6.07) is 9.42. The van der Waals surface area contributed by atoms with Gasteiger partial charge in [0.1, 0.15) is 6.61 Å². The van der Waals surface area contributed by atoms with E-state index in [4.69, 9.17) is 15.1 Å². The maximum Gasteiger partial charge on any atom is 0.333 e. The molecular formula is C13H12N2O3. The monoisotopic (exact) mass is 244 g/mol. The van der Waals surface area contributed by atoms with Gasteiger partial charge in [0.15, 0.2) is 6.10 Å². The lowest BCUT2D eigenvalue weighted by Crippen LogP contribution is -2.26. The van der Waals surface area contributed by atoms with Crippen molar-refractivity contribution in [3.05, 3.63) is 36.0 Å². The number of carbonyl (C=O) groups is 1. The average molecular weight is 244 g/mol. The minimum absolute atomic E-state index is 0.223. The highest BCUT2D eigenvalue weighted by Crippen LogP contribution is 2.19. The molecule has 0 radical (unpaired) electrons. The molecule has 0 spiro atoms. The second-order valence-corrected chi connectivity index (χ2v) is 3.86. The summed E-state index contributed by atoms with van der Waals surface area (Å²) in [5.41, 5.74) is 1.83. The van der Waals surface area contributed by atoms with Gasteiger partial charge in [0, 0.05) is 23.5 Å². The van der Waals surface area contributed by atoms with E-state index in [0.717, 1.165) is 16.5 Å². The first kappa shape index (κ1) is 12.1. The Balaban J connectivity index is 2.21. The molecule has 2 rings (SSSR count). The quantitative estimate of drug-likeness (QED) is 0.838. The summed E-state index contributed by atoms with van der Waals surface area (Å²) in [4.78, 5) is 14.1. The Morgan fingerprint density at radius 2 is 2.28 bits per heavy atom. The number of nitrogens with zero attached hydrogens (tertiary/aromatic N) is 1. The van der Waals surface area contributed by atoms with Gasteiger partial charge in [-0.3, -0.25) is 0 Å². The number of aromatic amines is 1. The molecule has 0 unspecified atom stereocenters. The molecule has 1 aromatic carbocycles. The number of nitrogens with one attached hydrogen (secondary N) is 1. The maximum absolute atomic E-state index is 11.0. The van der Waals surface area contributed by atoms with Crippen molar-refractivity contribution in [2.45, 2.75) is 12.5 Å². The van der Waals surface area contributed by atoms with Gasteiger partial charge in [-0.15, -0.1) is 0 Å². The number of carboxylic acids is 1. The topological polar surface area (TPSA) is 86.1 Å². The number of H-pyrrole nitrogens is 1. The van der Waals surface area contributed by atoms with Gasteiger partial charge in [-0.05, 0) is 11.6 Å². The molecule has 0 saturated heterocycles. The van der Waals surface area contributed by atoms with Crippen molar-refractivity contribution < 1.29 is 14.6 Å². The zero-order chi connectivity index (χ0) is 13.0. The second kappa shape index (κ2) is 5.34. The van der Waals surface area contributed by atoms with Gasteiger partial charge in [0.2, 0.25) is 0 Å². The third kappa shape index (κ3) is 2.50. The zero-order valence-corrected chi connectivity index (χ0v) is 9.59. The predicted octanol–water partition coefficient (Wildman–Crippen LogP) is 1.70. The van der Waals surface area contributed by atoms with Crippen LogP contribution in [0.4, 0.5) is 0 Å². The van der Waals surface area contributed by atoms with Gasteiger partial charge in [-0.1, -0.05) is 18.2 Å². The van der Waals surface area contributed by atoms with E-state index in [0.29, 0.717) is 0 Å². The van der Waals surface area contributed by atoms with E-state index < -0.39 is 12.1 Å². The number of ether oxygens (including phenoxy) is 1. The molecule has 18 heavy (non-hydrogen) atoms. The van der Waals surface area contributed by atoms with Crippen LogP contribution in [0, 0.1) is 11.3 Å². The van der Waals surface area contributed by atoms with Crippen LogP contribution in [-0.4, -0.2) is 28.8 Å². The Labute approximate surface area is 104 Å². The molecule has 0 fully saturated rings. The highest BCUT2D eigenvalue weighted by Gasteiger charge is 2.20. The van der Waals surface area contributed by atoms with Crippen molar-refractivity contribution in [3.8, 4) is 6.07 Å². The summed E-state index contributed by atoms with van der Waals surface area (Å²) in [6.45, 7) is -0.223. The Morgan fingerprint density at radius 1 is 1.50 bits per heavy atom. The second-order valence-electron chi connectivity index (χ2n) is 3.86. The molecule has 5 nitrogen and oxygen atoms in total. The molecule has 0 aliphatic rings. The SMILES string of the molecule is N#CCO[C@@H](Cc1c[nH]c2ccccc12)C(=O)O. The fraction of sp³-hybridized carbons (Fsp3) is 0.231. The number of fused-ring (bicyclic) bond motifs is 1. The van der Waals surface area contributed by atoms with Gasteiger partial charge in [0.25, 0.3) is 0 Å². The van der Waals surface area contributed by atoms with Gasteiger partial charge in [-0.25, -0.2) is 4.79 Å². The Morgan fingerprint density at radius 3 is 3.00 bits per heavy atom. The van der Waals surface area contributed by atoms with Gasteiger partial charge in [-0.2, -0.15) is 5.26 Å². The molecule has 2 N–H and O–H groups in total. The van der Waals surface area contributed by atoms with Crippen LogP contribution >= 0.6 is 0 Å². The lowest BCUT2D eigenvalue weighted by molar-refractivity contribution is -0.149. The van der Waals surface area contributed by atoms with E-state index in [-0.39, 0.29) is 13.0 Å². The number of nitriles is 1. The standard InChI is InChI=1S/C13H12N2O3/c14-5-6-18-12(13(16)17)7-9-8-15-11-4-2-1-3-10(9)11/h1-4,8,12,15H,6-7H2,(H,16,17)/t12-/m0/s1. The minimum atomic E-state index is -1.06. The molecule has 1 aromatic heterocycles. The smallest absolute Gasteiger partial charge is 0.333 e. The highest BCUT2D eigenvalue weighted by molar-refractivity contribution is 5.84. The van der Waals surface area contributed by atoms with E-state index in [9.17, 15) is 4.79 Å². The molecule has 0 aliphatic carbocycles. The first-order valence-corrected chi connectivity index (χ1v) is 5.48. The highest BCUT2D eigenvalue weighted by atomic mass is 16.5. The molecule has 0 aliphatic heterocycles. The van der Waals surface area contributed by atoms with Crippen LogP contribution in [0.25, 0.3) is 10.9 Å². The third-order valence-corrected chi connectivity index (χ3v) is 2.70. The maximum atomic E-state index is 11.0. The van der Waals surface area contributed by atoms with Crippen molar-refractivity contribution >= 4 is 16.9 Å². The summed E-state index contributed by atoms with van der Waals surface area (Å²) in [6.07, 6.45) is 1.01. The fourth-order valence-corrected chi connectivity index (χ4v) is 1.86. The molecule has 92 valence electrons. The summed E-state index contributed by atoms with van der Waals surface area (Å²) < 4.78 is 5.00. The largest absolute Gasteiger partial charge is 0.479 e. The Kier molecular flexibility index (Phi) is 3.60. The Bertz CT molecular complexity index is 598. The number of hydrogen-bond donors (Lipinski definition) is 2. The number of carboxylic acid groups (broad SMARTS) is 1. The summed E-state index contributed by atoms with van der Waals surface area (Å²) in [5, 5.41) is 18.4. The van der Waals surface area contributed by atoms with E-state index >= 15 is 0 Å².